The van der Waals surface area contributed by atoms with Crippen molar-refractivity contribution in [3.63, 3.8) is 0 Å². The maximum atomic E-state index is 14.5. The van der Waals surface area contributed by atoms with Crippen LogP contribution in [0.15, 0.2) is 69.4 Å². The number of nitrogens with zero attached hydrogens (tertiary/aromatic N) is 2. The SMILES string of the molecule is N#CCC1(S(=O)(=O)c2cc(F)cc3c(=O)c(C(=O)NCc4ccc(Cl)cc4)c[nH]c23)C=CC=N1. The quantitative estimate of drug-likeness (QED) is 0.538. The molecule has 3 aromatic rings. The van der Waals surface area contributed by atoms with Crippen molar-refractivity contribution in [2.45, 2.75) is 22.7 Å². The molecule has 0 saturated carbocycles. The Bertz CT molecular complexity index is 1560. The normalized spacial score (nSPS) is 17.1. The number of hydrogen-bond donors (Lipinski definition) is 2. The first kappa shape index (κ1) is 23.4. The van der Waals surface area contributed by atoms with Gasteiger partial charge in [-0.3, -0.25) is 14.6 Å². The summed E-state index contributed by atoms with van der Waals surface area (Å²) in [6, 6.07) is 10.1. The fourth-order valence-electron chi connectivity index (χ4n) is 3.59. The van der Waals surface area contributed by atoms with E-state index in [2.05, 4.69) is 15.3 Å². The zero-order valence-corrected chi connectivity index (χ0v) is 19.0. The van der Waals surface area contributed by atoms with Crippen molar-refractivity contribution in [2.75, 3.05) is 0 Å². The van der Waals surface area contributed by atoms with Crippen LogP contribution < -0.4 is 10.7 Å². The van der Waals surface area contributed by atoms with Crippen LogP contribution >= 0.6 is 11.6 Å². The molecule has 11 heteroatoms. The van der Waals surface area contributed by atoms with Crippen LogP contribution in [0.4, 0.5) is 4.39 Å². The highest BCUT2D eigenvalue weighted by molar-refractivity contribution is 7.93. The van der Waals surface area contributed by atoms with Gasteiger partial charge in [-0.1, -0.05) is 23.7 Å². The lowest BCUT2D eigenvalue weighted by molar-refractivity contribution is 0.0949. The van der Waals surface area contributed by atoms with Gasteiger partial charge in [-0.15, -0.1) is 0 Å². The molecule has 0 fully saturated rings. The first-order chi connectivity index (χ1) is 16.2. The molecule has 4 rings (SSSR count). The molecule has 1 aromatic heterocycles. The molecule has 8 nitrogen and oxygen atoms in total. The van der Waals surface area contributed by atoms with Crippen LogP contribution in [-0.4, -0.2) is 30.4 Å². The van der Waals surface area contributed by atoms with E-state index >= 15 is 0 Å². The van der Waals surface area contributed by atoms with E-state index in [1.807, 2.05) is 0 Å². The smallest absolute Gasteiger partial charge is 0.257 e. The van der Waals surface area contributed by atoms with E-state index in [1.165, 1.54) is 18.4 Å². The molecular weight excluding hydrogens is 483 g/mol. The van der Waals surface area contributed by atoms with Gasteiger partial charge in [0.15, 0.2) is 4.87 Å². The number of carbonyl (C=O) groups excluding carboxylic acids is 1. The van der Waals surface area contributed by atoms with Gasteiger partial charge in [-0.25, -0.2) is 12.8 Å². The summed E-state index contributed by atoms with van der Waals surface area (Å²) < 4.78 is 41.4. The van der Waals surface area contributed by atoms with Gasteiger partial charge in [0.2, 0.25) is 15.3 Å². The number of sulfone groups is 1. The third kappa shape index (κ3) is 4.00. The summed E-state index contributed by atoms with van der Waals surface area (Å²) in [5, 5.41) is 12.0. The van der Waals surface area contributed by atoms with Crippen LogP contribution in [-0.2, 0) is 16.4 Å². The number of nitrogens with one attached hydrogen (secondary N) is 2. The number of carbonyl (C=O) groups is 1. The maximum absolute atomic E-state index is 14.5. The number of pyridine rings is 1. The molecule has 0 spiro atoms. The number of hydrogen-bond acceptors (Lipinski definition) is 6. The third-order valence-corrected chi connectivity index (χ3v) is 7.82. The van der Waals surface area contributed by atoms with Crippen molar-refractivity contribution in [3.05, 3.63) is 86.9 Å². The molecule has 34 heavy (non-hydrogen) atoms. The zero-order chi connectivity index (χ0) is 24.5. The number of nitriles is 1. The Kier molecular flexibility index (Phi) is 6.08. The minimum absolute atomic E-state index is 0.108. The topological polar surface area (TPSA) is 132 Å². The monoisotopic (exact) mass is 498 g/mol. The fraction of sp³-hybridized carbons (Fsp3) is 0.130. The highest BCUT2D eigenvalue weighted by Gasteiger charge is 2.45. The van der Waals surface area contributed by atoms with E-state index < -0.39 is 43.2 Å². The van der Waals surface area contributed by atoms with Crippen LogP contribution in [0, 0.1) is 17.1 Å². The number of rotatable bonds is 6. The van der Waals surface area contributed by atoms with Crippen LogP contribution in [0.25, 0.3) is 10.9 Å². The largest absolute Gasteiger partial charge is 0.359 e. The highest BCUT2D eigenvalue weighted by atomic mass is 35.5. The molecule has 2 aromatic carbocycles. The molecule has 0 saturated heterocycles. The number of fused-ring (bicyclic) bond motifs is 1. The lowest BCUT2D eigenvalue weighted by Crippen LogP contribution is -2.34. The standard InChI is InChI=1S/C23H16ClFN4O4S/c24-15-4-2-14(3-5-15)12-28-22(31)18-13-27-20-17(21(18)30)10-16(25)11-19(20)34(32,33)23(7-8-26)6-1-9-29-23/h1-6,9-11,13H,7,12H2,(H,27,30)(H,28,31). The Morgan fingerprint density at radius 1 is 1.26 bits per heavy atom. The second-order valence-corrected chi connectivity index (χ2v) is 10.1. The van der Waals surface area contributed by atoms with Crippen molar-refractivity contribution in [3.8, 4) is 6.07 Å². The Morgan fingerprint density at radius 2 is 2.00 bits per heavy atom. The van der Waals surface area contributed by atoms with Crippen molar-refractivity contribution >= 4 is 44.5 Å². The minimum Gasteiger partial charge on any atom is -0.359 e. The molecule has 1 aliphatic rings. The number of benzene rings is 2. The number of allylic oxidation sites excluding steroid dienone is 1. The summed E-state index contributed by atoms with van der Waals surface area (Å²) in [6.07, 6.45) is 4.42. The molecule has 1 unspecified atom stereocenters. The van der Waals surface area contributed by atoms with Crippen molar-refractivity contribution < 1.29 is 17.6 Å². The average Bonchev–Trinajstić information content (AvgIpc) is 3.29. The van der Waals surface area contributed by atoms with Gasteiger partial charge in [0.1, 0.15) is 11.4 Å². The molecule has 0 aliphatic carbocycles. The van der Waals surface area contributed by atoms with Gasteiger partial charge < -0.3 is 10.3 Å². The summed E-state index contributed by atoms with van der Waals surface area (Å²) >= 11 is 5.84. The molecule has 0 radical (unpaired) electrons. The number of aliphatic imine (C=N–C) groups is 1. The highest BCUT2D eigenvalue weighted by Crippen LogP contribution is 2.36. The third-order valence-electron chi connectivity index (χ3n) is 5.35. The van der Waals surface area contributed by atoms with E-state index in [9.17, 15) is 22.4 Å². The summed E-state index contributed by atoms with van der Waals surface area (Å²) in [5.74, 6) is -1.72. The Balaban J connectivity index is 1.76. The van der Waals surface area contributed by atoms with Gasteiger partial charge in [0.05, 0.1) is 28.3 Å². The minimum atomic E-state index is -4.44. The molecule has 1 atom stereocenters. The number of halogens is 2. The first-order valence-corrected chi connectivity index (χ1v) is 11.8. The molecule has 172 valence electrons. The second kappa shape index (κ2) is 8.85. The predicted octanol–water partition coefficient (Wildman–Crippen LogP) is 3.27. The summed E-state index contributed by atoms with van der Waals surface area (Å²) in [4.78, 5) is 29.8. The predicted molar refractivity (Wildman–Crippen MR) is 125 cm³/mol. The molecule has 1 aliphatic heterocycles. The molecule has 1 amide bonds. The van der Waals surface area contributed by atoms with Crippen LogP contribution in [0.2, 0.25) is 5.02 Å². The fourth-order valence-corrected chi connectivity index (χ4v) is 5.52. The summed E-state index contributed by atoms with van der Waals surface area (Å²) in [5.41, 5.74) is -0.616. The van der Waals surface area contributed by atoms with Crippen LogP contribution in [0.3, 0.4) is 0 Å². The van der Waals surface area contributed by atoms with E-state index in [4.69, 9.17) is 16.9 Å². The van der Waals surface area contributed by atoms with E-state index in [1.54, 1.807) is 30.3 Å². The van der Waals surface area contributed by atoms with E-state index in [0.29, 0.717) is 5.02 Å². The number of aromatic nitrogens is 1. The molecule has 0 bridgehead atoms. The maximum Gasteiger partial charge on any atom is 0.257 e. The van der Waals surface area contributed by atoms with Gasteiger partial charge in [0.25, 0.3) is 5.91 Å². The van der Waals surface area contributed by atoms with Gasteiger partial charge in [0, 0.05) is 24.0 Å². The second-order valence-electron chi connectivity index (χ2n) is 7.49. The molecular formula is C23H16ClFN4O4S. The lowest BCUT2D eigenvalue weighted by atomic mass is 10.1. The summed E-state index contributed by atoms with van der Waals surface area (Å²) in [6.45, 7) is 0.108. The van der Waals surface area contributed by atoms with Gasteiger partial charge >= 0.3 is 0 Å². The van der Waals surface area contributed by atoms with Crippen molar-refractivity contribution in [1.82, 2.24) is 10.3 Å². The Hall–Kier alpha value is -3.81. The van der Waals surface area contributed by atoms with Gasteiger partial charge in [-0.2, -0.15) is 5.26 Å². The average molecular weight is 499 g/mol. The van der Waals surface area contributed by atoms with Gasteiger partial charge in [-0.05, 0) is 42.0 Å². The van der Waals surface area contributed by atoms with Crippen LogP contribution in [0.5, 0.6) is 0 Å². The lowest BCUT2D eigenvalue weighted by Gasteiger charge is -2.22. The zero-order valence-electron chi connectivity index (χ0n) is 17.4. The number of aromatic amines is 1. The van der Waals surface area contributed by atoms with Crippen LogP contribution in [0.1, 0.15) is 22.3 Å². The van der Waals surface area contributed by atoms with Crippen molar-refractivity contribution in [1.29, 1.82) is 5.26 Å². The molecule has 2 N–H and O–H groups in total. The molecule has 2 heterocycles. The first-order valence-electron chi connectivity index (χ1n) is 9.91. The number of amides is 1. The summed E-state index contributed by atoms with van der Waals surface area (Å²) in [7, 11) is -4.44. The Morgan fingerprint density at radius 3 is 2.65 bits per heavy atom. The number of H-pyrrole nitrogens is 1. The Labute approximate surface area is 198 Å². The van der Waals surface area contributed by atoms with E-state index in [0.717, 1.165) is 23.9 Å². The van der Waals surface area contributed by atoms with Crippen molar-refractivity contribution in [2.24, 2.45) is 4.99 Å². The van der Waals surface area contributed by atoms with E-state index in [-0.39, 0.29) is 23.0 Å².